The van der Waals surface area contributed by atoms with E-state index >= 15 is 0 Å². The highest BCUT2D eigenvalue weighted by Gasteiger charge is 2.33. The van der Waals surface area contributed by atoms with Crippen LogP contribution < -0.4 is 21.1 Å². The lowest BCUT2D eigenvalue weighted by Crippen LogP contribution is -2.41. The molecule has 0 saturated heterocycles. The molecule has 1 N–H and O–H groups in total. The third-order valence-electron chi connectivity index (χ3n) is 12.4. The Morgan fingerprint density at radius 1 is 0.475 bits per heavy atom. The average Bonchev–Trinajstić information content (AvgIpc) is 3.65. The van der Waals surface area contributed by atoms with Gasteiger partial charge >= 0.3 is 0 Å². The SMILES string of the molecule is Cc1ccccc1-c1cc(-c2cc(C(C)(C)C)ccc2Nc2ccc(C(C)(C)C)cc2)c2c(c1)N(c1ccccc1-c1ccccc1)c1ccc3oc4ccccc4c3c1[B]2. The molecule has 1 aliphatic rings. The number of hydrogen-bond donors (Lipinski definition) is 1. The number of hydrogen-bond acceptors (Lipinski definition) is 3. The van der Waals surface area contributed by atoms with E-state index in [2.05, 4.69) is 236 Å². The smallest absolute Gasteiger partial charge is 0.198 e. The van der Waals surface area contributed by atoms with Crippen LogP contribution in [0.2, 0.25) is 0 Å². The minimum Gasteiger partial charge on any atom is -0.456 e. The first-order valence-corrected chi connectivity index (χ1v) is 21.4. The normalized spacial score (nSPS) is 12.6. The molecule has 10 rings (SSSR count). The highest BCUT2D eigenvalue weighted by Crippen LogP contribution is 2.46. The van der Waals surface area contributed by atoms with Crippen LogP contribution in [-0.2, 0) is 10.8 Å². The number of anilines is 5. The maximum atomic E-state index is 6.56. The maximum absolute atomic E-state index is 6.56. The minimum absolute atomic E-state index is 0.0655. The number of nitrogens with one attached hydrogen (secondary N) is 1. The summed E-state index contributed by atoms with van der Waals surface area (Å²) < 4.78 is 6.56. The molecule has 0 spiro atoms. The van der Waals surface area contributed by atoms with Crippen LogP contribution >= 0.6 is 0 Å². The van der Waals surface area contributed by atoms with Gasteiger partial charge in [-0.2, -0.15) is 0 Å². The summed E-state index contributed by atoms with van der Waals surface area (Å²) in [7, 11) is 2.43. The number of para-hydroxylation sites is 2. The van der Waals surface area contributed by atoms with Gasteiger partial charge in [0.2, 0.25) is 0 Å². The van der Waals surface area contributed by atoms with E-state index in [1.807, 2.05) is 0 Å². The molecule has 0 unspecified atom stereocenters. The third-order valence-corrected chi connectivity index (χ3v) is 12.4. The molecule has 0 bridgehead atoms. The summed E-state index contributed by atoms with van der Waals surface area (Å²) in [5.41, 5.74) is 20.4. The van der Waals surface area contributed by atoms with Crippen molar-refractivity contribution in [2.24, 2.45) is 0 Å². The second kappa shape index (κ2) is 14.7. The van der Waals surface area contributed by atoms with Crippen molar-refractivity contribution in [1.29, 1.82) is 0 Å². The van der Waals surface area contributed by atoms with Crippen LogP contribution in [0.15, 0.2) is 174 Å². The molecular formula is C57H50BN2O. The monoisotopic (exact) mass is 789 g/mol. The summed E-state index contributed by atoms with van der Waals surface area (Å²) in [6.07, 6.45) is 0. The molecule has 0 amide bonds. The third kappa shape index (κ3) is 6.90. The number of fused-ring (bicyclic) bond motifs is 6. The standard InChI is InChI=1S/C57H50BN2O/c1-36-17-11-12-20-42(36)38-33-46(45-35-40(57(5,6)7)27-30-47(45)59-41-28-25-39(26-29-41)56(2,3)4)54-50(34-38)60(48-23-15-13-21-43(48)37-18-9-8-10-19-37)49-31-32-52-53(55(49)58-54)44-22-14-16-24-51(44)61-52/h8-35,59H,1-7H3. The molecular weight excluding hydrogens is 739 g/mol. The summed E-state index contributed by atoms with van der Waals surface area (Å²) in [6.45, 7) is 15.9. The molecule has 9 aromatic rings. The summed E-state index contributed by atoms with van der Waals surface area (Å²) in [6, 6.07) is 61.9. The van der Waals surface area contributed by atoms with Gasteiger partial charge in [-0.1, -0.05) is 151 Å². The molecule has 1 radical (unpaired) electrons. The molecule has 297 valence electrons. The zero-order chi connectivity index (χ0) is 42.0. The minimum atomic E-state index is -0.0752. The Bertz CT molecular complexity index is 3110. The van der Waals surface area contributed by atoms with Crippen molar-refractivity contribution in [2.45, 2.75) is 59.3 Å². The van der Waals surface area contributed by atoms with Crippen LogP contribution in [0.4, 0.5) is 28.4 Å². The Labute approximate surface area is 361 Å². The number of rotatable bonds is 6. The Balaban J connectivity index is 1.30. The molecule has 0 atom stereocenters. The van der Waals surface area contributed by atoms with E-state index in [4.69, 9.17) is 4.42 Å². The molecule has 1 aromatic heterocycles. The first-order chi connectivity index (χ1) is 29.4. The van der Waals surface area contributed by atoms with E-state index < -0.39 is 0 Å². The van der Waals surface area contributed by atoms with Crippen LogP contribution in [0.25, 0.3) is 55.3 Å². The van der Waals surface area contributed by atoms with Gasteiger partial charge in [0.05, 0.1) is 5.69 Å². The second-order valence-corrected chi connectivity index (χ2v) is 18.6. The van der Waals surface area contributed by atoms with Crippen LogP contribution in [0, 0.1) is 6.92 Å². The van der Waals surface area contributed by atoms with Crippen LogP contribution in [0.3, 0.4) is 0 Å². The summed E-state index contributed by atoms with van der Waals surface area (Å²) in [4.78, 5) is 2.51. The predicted molar refractivity (Wildman–Crippen MR) is 262 cm³/mol. The van der Waals surface area contributed by atoms with Gasteiger partial charge in [0.15, 0.2) is 7.28 Å². The van der Waals surface area contributed by atoms with Crippen LogP contribution in [0.1, 0.15) is 58.2 Å². The lowest BCUT2D eigenvalue weighted by molar-refractivity contribution is 0.590. The fourth-order valence-corrected chi connectivity index (χ4v) is 9.04. The highest BCUT2D eigenvalue weighted by molar-refractivity contribution is 6.76. The van der Waals surface area contributed by atoms with Gasteiger partial charge in [-0.3, -0.25) is 0 Å². The van der Waals surface area contributed by atoms with E-state index in [1.165, 1.54) is 33.4 Å². The second-order valence-electron chi connectivity index (χ2n) is 18.6. The topological polar surface area (TPSA) is 28.4 Å². The average molecular weight is 790 g/mol. The summed E-state index contributed by atoms with van der Waals surface area (Å²) in [5.74, 6) is 0. The number of aryl methyl sites for hydroxylation is 1. The molecule has 0 fully saturated rings. The van der Waals surface area contributed by atoms with Crippen molar-refractivity contribution >= 4 is 68.6 Å². The Hall–Kier alpha value is -6.78. The van der Waals surface area contributed by atoms with E-state index in [0.29, 0.717) is 0 Å². The summed E-state index contributed by atoms with van der Waals surface area (Å²) in [5, 5.41) is 6.14. The predicted octanol–water partition coefficient (Wildman–Crippen LogP) is 14.7. The fraction of sp³-hybridized carbons (Fsp3) is 0.158. The van der Waals surface area contributed by atoms with Gasteiger partial charge in [0.1, 0.15) is 11.2 Å². The van der Waals surface area contributed by atoms with Gasteiger partial charge in [0, 0.05) is 44.6 Å². The molecule has 1 aliphatic heterocycles. The Kier molecular flexibility index (Phi) is 9.29. The van der Waals surface area contributed by atoms with Crippen LogP contribution in [0.5, 0.6) is 0 Å². The fourth-order valence-electron chi connectivity index (χ4n) is 9.04. The highest BCUT2D eigenvalue weighted by atomic mass is 16.3. The van der Waals surface area contributed by atoms with Gasteiger partial charge in [-0.05, 0) is 128 Å². The molecule has 8 aromatic carbocycles. The largest absolute Gasteiger partial charge is 0.456 e. The van der Waals surface area contributed by atoms with Gasteiger partial charge in [-0.25, -0.2) is 0 Å². The van der Waals surface area contributed by atoms with Crippen molar-refractivity contribution in [2.75, 3.05) is 10.2 Å². The first kappa shape index (κ1) is 38.4. The van der Waals surface area contributed by atoms with Crippen LogP contribution in [-0.4, -0.2) is 7.28 Å². The molecule has 0 saturated carbocycles. The van der Waals surface area contributed by atoms with Crippen molar-refractivity contribution < 1.29 is 4.42 Å². The van der Waals surface area contributed by atoms with E-state index in [1.54, 1.807) is 0 Å². The van der Waals surface area contributed by atoms with Crippen molar-refractivity contribution in [3.8, 4) is 33.4 Å². The molecule has 0 aliphatic carbocycles. The molecule has 2 heterocycles. The zero-order valence-corrected chi connectivity index (χ0v) is 36.1. The van der Waals surface area contributed by atoms with Gasteiger partial charge in [-0.15, -0.1) is 0 Å². The van der Waals surface area contributed by atoms with Crippen molar-refractivity contribution in [3.05, 3.63) is 187 Å². The molecule has 61 heavy (non-hydrogen) atoms. The van der Waals surface area contributed by atoms with E-state index in [-0.39, 0.29) is 10.8 Å². The van der Waals surface area contributed by atoms with Gasteiger partial charge < -0.3 is 14.6 Å². The molecule has 3 nitrogen and oxygen atoms in total. The van der Waals surface area contributed by atoms with E-state index in [0.717, 1.165) is 78.0 Å². The van der Waals surface area contributed by atoms with Crippen molar-refractivity contribution in [1.82, 2.24) is 0 Å². The quantitative estimate of drug-likeness (QED) is 0.170. The Morgan fingerprint density at radius 2 is 1.15 bits per heavy atom. The maximum Gasteiger partial charge on any atom is 0.198 e. The molecule has 4 heteroatoms. The number of nitrogens with zero attached hydrogens (tertiary/aromatic N) is 1. The Morgan fingerprint density at radius 3 is 1.90 bits per heavy atom. The number of furan rings is 1. The summed E-state index contributed by atoms with van der Waals surface area (Å²) >= 11 is 0. The van der Waals surface area contributed by atoms with Crippen molar-refractivity contribution in [3.63, 3.8) is 0 Å². The lowest BCUT2D eigenvalue weighted by atomic mass is 9.56. The van der Waals surface area contributed by atoms with E-state index in [9.17, 15) is 0 Å². The first-order valence-electron chi connectivity index (χ1n) is 21.4. The lowest BCUT2D eigenvalue weighted by Gasteiger charge is -2.37. The van der Waals surface area contributed by atoms with Gasteiger partial charge in [0.25, 0.3) is 0 Å². The number of benzene rings is 8. The zero-order valence-electron chi connectivity index (χ0n) is 36.1.